The molecule has 9 nitrogen and oxygen atoms in total. The van der Waals surface area contributed by atoms with Crippen molar-refractivity contribution in [3.63, 3.8) is 0 Å². The summed E-state index contributed by atoms with van der Waals surface area (Å²) in [7, 11) is -1.59. The number of rotatable bonds is 4. The lowest BCUT2D eigenvalue weighted by Crippen LogP contribution is -2.28. The fourth-order valence-electron chi connectivity index (χ4n) is 2.84. The summed E-state index contributed by atoms with van der Waals surface area (Å²) in [6, 6.07) is 7.54. The highest BCUT2D eigenvalue weighted by atomic mass is 35.5. The highest BCUT2D eigenvalue weighted by Crippen LogP contribution is 2.47. The molecule has 2 aliphatic heterocycles. The van der Waals surface area contributed by atoms with Crippen molar-refractivity contribution in [3.8, 4) is 5.75 Å². The summed E-state index contributed by atoms with van der Waals surface area (Å²) in [5, 5.41) is 10.4. The van der Waals surface area contributed by atoms with Crippen molar-refractivity contribution in [2.45, 2.75) is 31.5 Å². The number of alkyl halides is 2. The van der Waals surface area contributed by atoms with Crippen LogP contribution in [0.3, 0.4) is 0 Å². The van der Waals surface area contributed by atoms with Gasteiger partial charge < -0.3 is 20.1 Å². The smallest absolute Gasteiger partial charge is 0.397 e. The first-order valence-electron chi connectivity index (χ1n) is 8.74. The molecule has 4 atom stereocenters. The molecule has 2 aromatic rings. The van der Waals surface area contributed by atoms with Crippen LogP contribution in [0.25, 0.3) is 0 Å². The Morgan fingerprint density at radius 3 is 2.90 bits per heavy atom. The zero-order valence-electron chi connectivity index (χ0n) is 15.5. The van der Waals surface area contributed by atoms with Crippen molar-refractivity contribution in [2.75, 3.05) is 19.3 Å². The Hall–Kier alpha value is -1.88. The average Bonchev–Trinajstić information content (AvgIpc) is 3.10. The molecule has 4 rings (SSSR count). The van der Waals surface area contributed by atoms with Gasteiger partial charge in [0.2, 0.25) is 6.93 Å². The van der Waals surface area contributed by atoms with Gasteiger partial charge in [0.05, 0.1) is 24.3 Å². The lowest BCUT2D eigenvalue weighted by atomic mass is 10.2. The van der Waals surface area contributed by atoms with Crippen LogP contribution in [0, 0.1) is 0 Å². The molecule has 3 heterocycles. The molecule has 164 valence electrons. The predicted molar refractivity (Wildman–Crippen MR) is 104 cm³/mol. The summed E-state index contributed by atoms with van der Waals surface area (Å²) in [4.78, 5) is 15.6. The van der Waals surface area contributed by atoms with Gasteiger partial charge in [-0.3, -0.25) is 13.6 Å². The number of aliphatic hydroxyl groups is 1. The maximum atomic E-state index is 12.0. The fraction of sp³-hybridized carbons (Fsp3) is 0.412. The number of aromatic nitrogens is 2. The molecule has 1 aromatic heterocycles. The predicted octanol–water partition coefficient (Wildman–Crippen LogP) is 2.86. The zero-order chi connectivity index (χ0) is 21.7. The molecule has 4 unspecified atom stereocenters. The van der Waals surface area contributed by atoms with Crippen LogP contribution in [0.15, 0.2) is 35.3 Å². The molecule has 0 radical (unpaired) electrons. The van der Waals surface area contributed by atoms with E-state index in [1.165, 1.54) is 10.8 Å². The van der Waals surface area contributed by atoms with E-state index in [4.69, 9.17) is 35.6 Å². The summed E-state index contributed by atoms with van der Waals surface area (Å²) < 4.78 is 43.1. The Kier molecular flexibility index (Phi) is 7.93. The second-order valence-electron chi connectivity index (χ2n) is 6.19. The van der Waals surface area contributed by atoms with Crippen molar-refractivity contribution < 1.29 is 32.2 Å². The van der Waals surface area contributed by atoms with Crippen molar-refractivity contribution >= 4 is 26.0 Å². The summed E-state index contributed by atoms with van der Waals surface area (Å²) >= 11 is 5.92. The third-order valence-electron chi connectivity index (χ3n) is 4.26. The Morgan fingerprint density at radius 1 is 1.40 bits per heavy atom. The van der Waals surface area contributed by atoms with Gasteiger partial charge in [0.15, 0.2) is 0 Å². The van der Waals surface area contributed by atoms with Crippen molar-refractivity contribution in [1.82, 2.24) is 9.55 Å². The van der Waals surface area contributed by atoms with E-state index in [1.54, 1.807) is 0 Å². The molecule has 13 heteroatoms. The van der Waals surface area contributed by atoms with Crippen LogP contribution in [0.1, 0.15) is 18.2 Å². The van der Waals surface area contributed by atoms with E-state index in [1.807, 2.05) is 24.3 Å². The molecule has 0 amide bonds. The Bertz CT molecular complexity index is 923. The van der Waals surface area contributed by atoms with Gasteiger partial charge in [-0.1, -0.05) is 29.8 Å². The second kappa shape index (κ2) is 10.4. The normalized spacial score (nSPS) is 25.1. The standard InChI is InChI=1S/C16H17ClN3O6P.CH2F2/c17-10-6-20(16(22)19-15(10)18)14-5-11(21)13(25-14)8-24-27-23-7-9-3-1-2-4-12(9)26-27;2-1-3/h1-4,6,11,13-14,21H,5,7-8H2,(H2,18,19,22);1H2. The third-order valence-corrected chi connectivity index (χ3v) is 5.60. The zero-order valence-corrected chi connectivity index (χ0v) is 17.1. The number of hydrogen-bond acceptors (Lipinski definition) is 8. The first-order valence-corrected chi connectivity index (χ1v) is 10.2. The SMILES string of the molecule is FCF.Nc1nc(=O)n(C2CC(O)C(COP3OCc4ccccc4O3)O2)cc1Cl. The van der Waals surface area contributed by atoms with Crippen molar-refractivity contribution in [3.05, 3.63) is 51.5 Å². The summed E-state index contributed by atoms with van der Waals surface area (Å²) in [6.45, 7) is -1.31. The molecule has 2 aliphatic rings. The van der Waals surface area contributed by atoms with Crippen molar-refractivity contribution in [2.24, 2.45) is 0 Å². The maximum Gasteiger partial charge on any atom is 0.397 e. The number of nitrogens with zero attached hydrogens (tertiary/aromatic N) is 2. The summed E-state index contributed by atoms with van der Waals surface area (Å²) in [6.07, 6.45) is -0.650. The van der Waals surface area contributed by atoms with E-state index in [0.29, 0.717) is 6.61 Å². The molecule has 0 bridgehead atoms. The molecule has 0 saturated carbocycles. The van der Waals surface area contributed by atoms with E-state index in [2.05, 4.69) is 4.98 Å². The Labute approximate surface area is 176 Å². The van der Waals surface area contributed by atoms with Gasteiger partial charge in [0.1, 0.15) is 23.9 Å². The first kappa shape index (κ1) is 22.8. The lowest BCUT2D eigenvalue weighted by molar-refractivity contribution is -0.0436. The molecular formula is C17H19ClF2N3O6P. The largest absolute Gasteiger partial charge is 0.426 e. The average molecular weight is 466 g/mol. The van der Waals surface area contributed by atoms with Crippen LogP contribution in [0.5, 0.6) is 5.75 Å². The number of hydrogen-bond donors (Lipinski definition) is 2. The number of aliphatic hydroxyl groups excluding tert-OH is 1. The molecule has 1 saturated heterocycles. The van der Waals surface area contributed by atoms with Crippen LogP contribution in [-0.4, -0.2) is 40.4 Å². The van der Waals surface area contributed by atoms with Gasteiger partial charge >= 0.3 is 14.3 Å². The molecular weight excluding hydrogens is 447 g/mol. The van der Waals surface area contributed by atoms with Gasteiger partial charge in [0, 0.05) is 18.2 Å². The number of nitrogen functional groups attached to an aromatic ring is 1. The van der Waals surface area contributed by atoms with Gasteiger partial charge in [-0.15, -0.1) is 0 Å². The number of benzene rings is 1. The third kappa shape index (κ3) is 5.42. The molecule has 30 heavy (non-hydrogen) atoms. The molecule has 0 aliphatic carbocycles. The van der Waals surface area contributed by atoms with Crippen LogP contribution < -0.4 is 15.9 Å². The minimum atomic E-state index is -1.75. The number of ether oxygens (including phenoxy) is 1. The minimum Gasteiger partial charge on any atom is -0.426 e. The van der Waals surface area contributed by atoms with E-state index >= 15 is 0 Å². The quantitative estimate of drug-likeness (QED) is 0.662. The van der Waals surface area contributed by atoms with Crippen molar-refractivity contribution in [1.29, 1.82) is 0 Å². The van der Waals surface area contributed by atoms with E-state index < -0.39 is 39.7 Å². The maximum absolute atomic E-state index is 12.0. The van der Waals surface area contributed by atoms with E-state index in [9.17, 15) is 18.7 Å². The van der Waals surface area contributed by atoms with Crippen LogP contribution >= 0.6 is 20.2 Å². The summed E-state index contributed by atoms with van der Waals surface area (Å²) in [5.74, 6) is 0.667. The number of para-hydroxylation sites is 1. The summed E-state index contributed by atoms with van der Waals surface area (Å²) in [5.41, 5.74) is 5.86. The van der Waals surface area contributed by atoms with Crippen LogP contribution in [0.2, 0.25) is 5.02 Å². The highest BCUT2D eigenvalue weighted by Gasteiger charge is 2.37. The Balaban J connectivity index is 0.000000806. The van der Waals surface area contributed by atoms with Gasteiger partial charge in [-0.05, 0) is 6.07 Å². The van der Waals surface area contributed by atoms with Crippen LogP contribution in [0.4, 0.5) is 14.6 Å². The molecule has 0 spiro atoms. The lowest BCUT2D eigenvalue weighted by Gasteiger charge is -2.25. The number of nitrogens with two attached hydrogens (primary N) is 1. The highest BCUT2D eigenvalue weighted by molar-refractivity contribution is 7.42. The minimum absolute atomic E-state index is 0.0500. The van der Waals surface area contributed by atoms with Gasteiger partial charge in [-0.25, -0.2) is 13.6 Å². The molecule has 1 aromatic carbocycles. The molecule has 3 N–H and O–H groups in total. The van der Waals surface area contributed by atoms with E-state index in [-0.39, 0.29) is 23.9 Å². The monoisotopic (exact) mass is 465 g/mol. The number of halogens is 3. The fourth-order valence-corrected chi connectivity index (χ4v) is 4.02. The number of fused-ring (bicyclic) bond motifs is 1. The van der Waals surface area contributed by atoms with Crippen LogP contribution in [-0.2, 0) is 20.4 Å². The van der Waals surface area contributed by atoms with E-state index in [0.717, 1.165) is 11.3 Å². The number of anilines is 1. The first-order chi connectivity index (χ1) is 14.4. The van der Waals surface area contributed by atoms with Gasteiger partial charge in [0.25, 0.3) is 0 Å². The Morgan fingerprint density at radius 2 is 2.13 bits per heavy atom. The topological polar surface area (TPSA) is 118 Å². The second-order valence-corrected chi connectivity index (χ2v) is 7.74. The van der Waals surface area contributed by atoms with Gasteiger partial charge in [-0.2, -0.15) is 4.98 Å². The molecule has 1 fully saturated rings.